The number of esters is 1. The number of carbonyl (C=O) groups excluding carboxylic acids is 3. The number of hydrogen-bond acceptors (Lipinski definition) is 5. The summed E-state index contributed by atoms with van der Waals surface area (Å²) in [5.41, 5.74) is 0.826. The lowest BCUT2D eigenvalue weighted by atomic mass is 10.0. The summed E-state index contributed by atoms with van der Waals surface area (Å²) in [6, 6.07) is 6.73. The van der Waals surface area contributed by atoms with Crippen LogP contribution < -0.4 is 0 Å². The molecule has 2 aliphatic rings. The second kappa shape index (κ2) is 7.13. The standard InChI is InChI=1S/C18H22N2O5/c1-12-11-25-18(23)20(12)15-6-8-19(9-7-15)16(21)13-4-3-5-14(10-13)17(22)24-2/h3-5,10,12,15H,6-9,11H2,1-2H3. The number of cyclic esters (lactones) is 1. The lowest BCUT2D eigenvalue weighted by Crippen LogP contribution is -2.49. The van der Waals surface area contributed by atoms with E-state index in [2.05, 4.69) is 0 Å². The van der Waals surface area contributed by atoms with E-state index < -0.39 is 5.97 Å². The number of carbonyl (C=O) groups is 3. The van der Waals surface area contributed by atoms with Crippen LogP contribution >= 0.6 is 0 Å². The second-order valence-corrected chi connectivity index (χ2v) is 6.43. The van der Waals surface area contributed by atoms with Gasteiger partial charge in [-0.2, -0.15) is 0 Å². The molecule has 2 amide bonds. The number of hydrogen-bond donors (Lipinski definition) is 0. The molecular formula is C18H22N2O5. The van der Waals surface area contributed by atoms with Crippen LogP contribution in [0.5, 0.6) is 0 Å². The van der Waals surface area contributed by atoms with Gasteiger partial charge in [-0.05, 0) is 38.0 Å². The molecule has 2 saturated heterocycles. The predicted molar refractivity (Wildman–Crippen MR) is 89.4 cm³/mol. The average Bonchev–Trinajstić information content (AvgIpc) is 2.99. The largest absolute Gasteiger partial charge is 0.465 e. The van der Waals surface area contributed by atoms with Crippen LogP contribution in [0.2, 0.25) is 0 Å². The molecule has 3 rings (SSSR count). The molecule has 1 aromatic rings. The van der Waals surface area contributed by atoms with Crippen LogP contribution in [0, 0.1) is 0 Å². The van der Waals surface area contributed by atoms with Crippen LogP contribution in [-0.2, 0) is 9.47 Å². The number of piperidine rings is 1. The zero-order valence-electron chi connectivity index (χ0n) is 14.4. The van der Waals surface area contributed by atoms with E-state index in [4.69, 9.17) is 9.47 Å². The van der Waals surface area contributed by atoms with Gasteiger partial charge in [0.2, 0.25) is 0 Å². The number of ether oxygens (including phenoxy) is 2. The number of benzene rings is 1. The summed E-state index contributed by atoms with van der Waals surface area (Å²) in [5, 5.41) is 0. The summed E-state index contributed by atoms with van der Waals surface area (Å²) >= 11 is 0. The van der Waals surface area contributed by atoms with Crippen LogP contribution in [0.4, 0.5) is 4.79 Å². The SMILES string of the molecule is COC(=O)c1cccc(C(=O)N2CCC(N3C(=O)OCC3C)CC2)c1. The first-order valence-electron chi connectivity index (χ1n) is 8.44. The smallest absolute Gasteiger partial charge is 0.410 e. The van der Waals surface area contributed by atoms with Crippen molar-refractivity contribution in [1.82, 2.24) is 9.80 Å². The third kappa shape index (κ3) is 3.45. The molecular weight excluding hydrogens is 324 g/mol. The molecule has 0 aliphatic carbocycles. The third-order valence-electron chi connectivity index (χ3n) is 4.81. The first-order chi connectivity index (χ1) is 12.0. The van der Waals surface area contributed by atoms with Crippen LogP contribution in [0.25, 0.3) is 0 Å². The maximum absolute atomic E-state index is 12.7. The van der Waals surface area contributed by atoms with Crippen molar-refractivity contribution in [1.29, 1.82) is 0 Å². The summed E-state index contributed by atoms with van der Waals surface area (Å²) in [6.07, 6.45) is 1.19. The number of likely N-dealkylation sites (tertiary alicyclic amines) is 1. The van der Waals surface area contributed by atoms with Gasteiger partial charge < -0.3 is 14.4 Å². The van der Waals surface area contributed by atoms with Crippen LogP contribution in [0.1, 0.15) is 40.5 Å². The minimum atomic E-state index is -0.463. The van der Waals surface area contributed by atoms with Gasteiger partial charge >= 0.3 is 12.1 Å². The van der Waals surface area contributed by atoms with E-state index in [1.807, 2.05) is 6.92 Å². The maximum atomic E-state index is 12.7. The molecule has 25 heavy (non-hydrogen) atoms. The Bertz CT molecular complexity index is 682. The normalized spacial score (nSPS) is 21.2. The number of nitrogens with zero attached hydrogens (tertiary/aromatic N) is 2. The molecule has 0 bridgehead atoms. The van der Waals surface area contributed by atoms with Crippen molar-refractivity contribution in [2.24, 2.45) is 0 Å². The Labute approximate surface area is 146 Å². The summed E-state index contributed by atoms with van der Waals surface area (Å²) in [5.74, 6) is -0.573. The molecule has 7 nitrogen and oxygen atoms in total. The van der Waals surface area contributed by atoms with Crippen molar-refractivity contribution in [3.8, 4) is 0 Å². The Morgan fingerprint density at radius 3 is 2.48 bits per heavy atom. The van der Waals surface area contributed by atoms with Crippen LogP contribution in [0.3, 0.4) is 0 Å². The minimum absolute atomic E-state index is 0.0801. The van der Waals surface area contributed by atoms with Gasteiger partial charge in [0, 0.05) is 24.7 Å². The monoisotopic (exact) mass is 346 g/mol. The molecule has 0 radical (unpaired) electrons. The molecule has 7 heteroatoms. The van der Waals surface area contributed by atoms with Gasteiger partial charge in [-0.15, -0.1) is 0 Å². The molecule has 1 aromatic carbocycles. The Hall–Kier alpha value is -2.57. The van der Waals surface area contributed by atoms with Gasteiger partial charge in [0.25, 0.3) is 5.91 Å². The van der Waals surface area contributed by atoms with Crippen molar-refractivity contribution in [3.05, 3.63) is 35.4 Å². The zero-order valence-corrected chi connectivity index (χ0v) is 14.4. The predicted octanol–water partition coefficient (Wildman–Crippen LogP) is 1.92. The van der Waals surface area contributed by atoms with Crippen LogP contribution in [0.15, 0.2) is 24.3 Å². The Morgan fingerprint density at radius 1 is 1.20 bits per heavy atom. The van der Waals surface area contributed by atoms with Gasteiger partial charge in [0.1, 0.15) is 6.61 Å². The van der Waals surface area contributed by atoms with E-state index in [0.717, 1.165) is 12.8 Å². The van der Waals surface area contributed by atoms with E-state index >= 15 is 0 Å². The maximum Gasteiger partial charge on any atom is 0.410 e. The fraction of sp³-hybridized carbons (Fsp3) is 0.500. The number of amides is 2. The Morgan fingerprint density at radius 2 is 1.88 bits per heavy atom. The topological polar surface area (TPSA) is 76.2 Å². The van der Waals surface area contributed by atoms with Crippen molar-refractivity contribution in [2.45, 2.75) is 31.8 Å². The highest BCUT2D eigenvalue weighted by molar-refractivity contribution is 5.98. The third-order valence-corrected chi connectivity index (χ3v) is 4.81. The quantitative estimate of drug-likeness (QED) is 0.782. The van der Waals surface area contributed by atoms with Crippen molar-refractivity contribution >= 4 is 18.0 Å². The van der Waals surface area contributed by atoms with Crippen molar-refractivity contribution in [3.63, 3.8) is 0 Å². The molecule has 1 unspecified atom stereocenters. The number of methoxy groups -OCH3 is 1. The Balaban J connectivity index is 1.64. The highest BCUT2D eigenvalue weighted by Gasteiger charge is 2.37. The van der Waals surface area contributed by atoms with Crippen LogP contribution in [-0.4, -0.2) is 66.7 Å². The molecule has 134 valence electrons. The van der Waals surface area contributed by atoms with Crippen molar-refractivity contribution in [2.75, 3.05) is 26.8 Å². The van der Waals surface area contributed by atoms with Gasteiger partial charge in [-0.25, -0.2) is 9.59 Å². The minimum Gasteiger partial charge on any atom is -0.465 e. The summed E-state index contributed by atoms with van der Waals surface area (Å²) in [4.78, 5) is 39.7. The number of rotatable bonds is 3. The summed E-state index contributed by atoms with van der Waals surface area (Å²) in [6.45, 7) is 3.55. The molecule has 2 heterocycles. The van der Waals surface area contributed by atoms with Gasteiger partial charge in [-0.1, -0.05) is 6.07 Å². The summed E-state index contributed by atoms with van der Waals surface area (Å²) < 4.78 is 9.78. The van der Waals surface area contributed by atoms with E-state index in [1.165, 1.54) is 7.11 Å². The molecule has 2 aliphatic heterocycles. The highest BCUT2D eigenvalue weighted by atomic mass is 16.6. The average molecular weight is 346 g/mol. The molecule has 0 saturated carbocycles. The fourth-order valence-electron chi connectivity index (χ4n) is 3.46. The first-order valence-corrected chi connectivity index (χ1v) is 8.44. The Kier molecular flexibility index (Phi) is 4.92. The molecule has 0 N–H and O–H groups in total. The van der Waals surface area contributed by atoms with E-state index in [-0.39, 0.29) is 24.1 Å². The highest BCUT2D eigenvalue weighted by Crippen LogP contribution is 2.24. The lowest BCUT2D eigenvalue weighted by molar-refractivity contribution is 0.0600. The molecule has 0 aromatic heterocycles. The molecule has 0 spiro atoms. The van der Waals surface area contributed by atoms with Gasteiger partial charge in [0.05, 0.1) is 18.7 Å². The summed E-state index contributed by atoms with van der Waals surface area (Å²) in [7, 11) is 1.31. The molecule has 2 fully saturated rings. The fourth-order valence-corrected chi connectivity index (χ4v) is 3.46. The lowest BCUT2D eigenvalue weighted by Gasteiger charge is -2.37. The van der Waals surface area contributed by atoms with E-state index in [1.54, 1.807) is 34.1 Å². The zero-order chi connectivity index (χ0) is 18.0. The van der Waals surface area contributed by atoms with Gasteiger partial charge in [0.15, 0.2) is 0 Å². The first kappa shape index (κ1) is 17.3. The van der Waals surface area contributed by atoms with Gasteiger partial charge in [-0.3, -0.25) is 9.69 Å². The van der Waals surface area contributed by atoms with E-state index in [0.29, 0.717) is 30.8 Å². The molecule has 1 atom stereocenters. The second-order valence-electron chi connectivity index (χ2n) is 6.43. The van der Waals surface area contributed by atoms with E-state index in [9.17, 15) is 14.4 Å². The van der Waals surface area contributed by atoms with Crippen molar-refractivity contribution < 1.29 is 23.9 Å².